The van der Waals surface area contributed by atoms with Gasteiger partial charge in [0.25, 0.3) is 0 Å². The van der Waals surface area contributed by atoms with Crippen LogP contribution >= 0.6 is 0 Å². The molecule has 0 aliphatic rings. The first-order chi connectivity index (χ1) is 8.63. The second kappa shape index (κ2) is 3.77. The molecule has 18 heavy (non-hydrogen) atoms. The van der Waals surface area contributed by atoms with Crippen molar-refractivity contribution in [3.05, 3.63) is 42.0 Å². The van der Waals surface area contributed by atoms with Crippen molar-refractivity contribution in [3.8, 4) is 23.0 Å². The molecule has 0 fully saturated rings. The average Bonchev–Trinajstić information content (AvgIpc) is 2.71. The second-order valence-corrected chi connectivity index (χ2v) is 4.19. The molecule has 3 rings (SSSR count). The monoisotopic (exact) mass is 241 g/mol. The molecule has 1 aromatic heterocycles. The highest BCUT2D eigenvalue weighted by Gasteiger charge is 2.12. The summed E-state index contributed by atoms with van der Waals surface area (Å²) in [5.74, 6) is 0.287. The Morgan fingerprint density at radius 1 is 1.06 bits per heavy atom. The van der Waals surface area contributed by atoms with E-state index in [4.69, 9.17) is 4.42 Å². The molecule has 0 aliphatic heterocycles. The maximum atomic E-state index is 9.76. The number of oxazole rings is 1. The number of fused-ring (bicyclic) bond motifs is 1. The van der Waals surface area contributed by atoms with E-state index in [2.05, 4.69) is 4.98 Å². The van der Waals surface area contributed by atoms with Crippen LogP contribution in [0, 0.1) is 6.92 Å². The van der Waals surface area contributed by atoms with Gasteiger partial charge >= 0.3 is 0 Å². The molecule has 0 unspecified atom stereocenters. The van der Waals surface area contributed by atoms with Gasteiger partial charge in [-0.25, -0.2) is 4.98 Å². The van der Waals surface area contributed by atoms with Crippen LogP contribution in [0.4, 0.5) is 0 Å². The fourth-order valence-electron chi connectivity index (χ4n) is 1.85. The van der Waals surface area contributed by atoms with Crippen LogP contribution in [0.3, 0.4) is 0 Å². The van der Waals surface area contributed by atoms with E-state index in [1.807, 2.05) is 25.1 Å². The number of hydrogen-bond acceptors (Lipinski definition) is 4. The Bertz CT molecular complexity index is 731. The lowest BCUT2D eigenvalue weighted by Crippen LogP contribution is -1.78. The van der Waals surface area contributed by atoms with Gasteiger partial charge in [0.2, 0.25) is 5.89 Å². The number of benzene rings is 2. The Morgan fingerprint density at radius 3 is 2.67 bits per heavy atom. The number of phenolic OH excluding ortho intramolecular Hbond substituents is 2. The van der Waals surface area contributed by atoms with Crippen LogP contribution in [0.15, 0.2) is 40.8 Å². The van der Waals surface area contributed by atoms with Gasteiger partial charge in [-0.05, 0) is 36.8 Å². The predicted molar refractivity (Wildman–Crippen MR) is 67.5 cm³/mol. The third kappa shape index (κ3) is 1.68. The van der Waals surface area contributed by atoms with Crippen LogP contribution in [-0.4, -0.2) is 15.2 Å². The number of rotatable bonds is 1. The normalized spacial score (nSPS) is 10.9. The van der Waals surface area contributed by atoms with Crippen molar-refractivity contribution < 1.29 is 14.6 Å². The van der Waals surface area contributed by atoms with E-state index in [0.29, 0.717) is 17.0 Å². The van der Waals surface area contributed by atoms with Gasteiger partial charge in [0.15, 0.2) is 5.58 Å². The van der Waals surface area contributed by atoms with Crippen LogP contribution < -0.4 is 0 Å². The van der Waals surface area contributed by atoms with Gasteiger partial charge in [0.1, 0.15) is 17.0 Å². The van der Waals surface area contributed by atoms with Crippen molar-refractivity contribution in [1.29, 1.82) is 0 Å². The van der Waals surface area contributed by atoms with Crippen LogP contribution in [0.1, 0.15) is 5.56 Å². The lowest BCUT2D eigenvalue weighted by atomic mass is 10.2. The molecule has 90 valence electrons. The van der Waals surface area contributed by atoms with Gasteiger partial charge in [-0.1, -0.05) is 6.07 Å². The van der Waals surface area contributed by atoms with Gasteiger partial charge in [0.05, 0.1) is 5.56 Å². The molecule has 3 aromatic rings. The molecule has 0 aliphatic carbocycles. The second-order valence-electron chi connectivity index (χ2n) is 4.19. The predicted octanol–water partition coefficient (Wildman–Crippen LogP) is 3.21. The summed E-state index contributed by atoms with van der Waals surface area (Å²) in [6, 6.07) is 10.0. The largest absolute Gasteiger partial charge is 0.508 e. The van der Waals surface area contributed by atoms with Crippen molar-refractivity contribution in [1.82, 2.24) is 4.98 Å². The van der Waals surface area contributed by atoms with Crippen molar-refractivity contribution in [2.45, 2.75) is 6.92 Å². The van der Waals surface area contributed by atoms with E-state index in [0.717, 1.165) is 11.1 Å². The summed E-state index contributed by atoms with van der Waals surface area (Å²) in [7, 11) is 0. The van der Waals surface area contributed by atoms with E-state index >= 15 is 0 Å². The maximum absolute atomic E-state index is 9.76. The van der Waals surface area contributed by atoms with Crippen molar-refractivity contribution in [3.63, 3.8) is 0 Å². The van der Waals surface area contributed by atoms with Crippen LogP contribution in [0.2, 0.25) is 0 Å². The molecule has 4 heteroatoms. The van der Waals surface area contributed by atoms with E-state index in [9.17, 15) is 10.2 Å². The third-order valence-corrected chi connectivity index (χ3v) is 2.75. The van der Waals surface area contributed by atoms with Gasteiger partial charge < -0.3 is 14.6 Å². The topological polar surface area (TPSA) is 66.5 Å². The van der Waals surface area contributed by atoms with Crippen molar-refractivity contribution in [2.24, 2.45) is 0 Å². The molecule has 0 radical (unpaired) electrons. The van der Waals surface area contributed by atoms with E-state index in [1.54, 1.807) is 6.07 Å². The highest BCUT2D eigenvalue weighted by Crippen LogP contribution is 2.33. The first-order valence-corrected chi connectivity index (χ1v) is 5.53. The Kier molecular flexibility index (Phi) is 2.23. The lowest BCUT2D eigenvalue weighted by Gasteiger charge is -1.99. The first-order valence-electron chi connectivity index (χ1n) is 5.53. The zero-order valence-corrected chi connectivity index (χ0v) is 9.71. The molecular weight excluding hydrogens is 230 g/mol. The lowest BCUT2D eigenvalue weighted by molar-refractivity contribution is 0.450. The molecule has 4 nitrogen and oxygen atoms in total. The van der Waals surface area contributed by atoms with Crippen molar-refractivity contribution >= 4 is 11.1 Å². The number of aromatic hydroxyl groups is 2. The summed E-state index contributed by atoms with van der Waals surface area (Å²) in [6.07, 6.45) is 0. The number of aryl methyl sites for hydroxylation is 1. The Morgan fingerprint density at radius 2 is 1.89 bits per heavy atom. The molecule has 2 N–H and O–H groups in total. The zero-order valence-electron chi connectivity index (χ0n) is 9.71. The molecular formula is C14H11NO3. The number of hydrogen-bond donors (Lipinski definition) is 2. The summed E-state index contributed by atoms with van der Waals surface area (Å²) < 4.78 is 5.58. The summed E-state index contributed by atoms with van der Waals surface area (Å²) in [5, 5.41) is 19.0. The third-order valence-electron chi connectivity index (χ3n) is 2.75. The maximum Gasteiger partial charge on any atom is 0.231 e. The molecule has 0 amide bonds. The summed E-state index contributed by atoms with van der Waals surface area (Å²) in [5.41, 5.74) is 2.97. The minimum Gasteiger partial charge on any atom is -0.508 e. The smallest absolute Gasteiger partial charge is 0.231 e. The van der Waals surface area contributed by atoms with Crippen LogP contribution in [0.25, 0.3) is 22.6 Å². The minimum absolute atomic E-state index is 0.00297. The zero-order chi connectivity index (χ0) is 12.7. The number of phenols is 2. The van der Waals surface area contributed by atoms with Gasteiger partial charge in [-0.2, -0.15) is 0 Å². The summed E-state index contributed by atoms with van der Waals surface area (Å²) in [6.45, 7) is 1.98. The Balaban J connectivity index is 2.19. The molecule has 0 atom stereocenters. The van der Waals surface area contributed by atoms with Gasteiger partial charge in [-0.15, -0.1) is 0 Å². The summed E-state index contributed by atoms with van der Waals surface area (Å²) >= 11 is 0. The molecule has 0 bridgehead atoms. The number of nitrogens with zero attached hydrogens (tertiary/aromatic N) is 1. The van der Waals surface area contributed by atoms with Crippen molar-refractivity contribution in [2.75, 3.05) is 0 Å². The Labute approximate surface area is 103 Å². The highest BCUT2D eigenvalue weighted by molar-refractivity contribution is 5.78. The fourth-order valence-corrected chi connectivity index (χ4v) is 1.85. The summed E-state index contributed by atoms with van der Waals surface area (Å²) in [4.78, 5) is 4.33. The average molecular weight is 241 g/mol. The molecule has 0 spiro atoms. The highest BCUT2D eigenvalue weighted by atomic mass is 16.3. The van der Waals surface area contributed by atoms with Crippen LogP contribution in [-0.2, 0) is 0 Å². The number of aromatic nitrogens is 1. The molecule has 1 heterocycles. The van der Waals surface area contributed by atoms with Gasteiger partial charge in [-0.3, -0.25) is 0 Å². The van der Waals surface area contributed by atoms with Gasteiger partial charge in [0, 0.05) is 6.07 Å². The molecule has 0 saturated heterocycles. The minimum atomic E-state index is -0.0571. The first kappa shape index (κ1) is 10.7. The van der Waals surface area contributed by atoms with E-state index < -0.39 is 0 Å². The molecule has 0 saturated carbocycles. The van der Waals surface area contributed by atoms with E-state index in [1.165, 1.54) is 12.1 Å². The van der Waals surface area contributed by atoms with Crippen LogP contribution in [0.5, 0.6) is 11.5 Å². The quantitative estimate of drug-likeness (QED) is 0.686. The SMILES string of the molecule is Cc1ccc2oc(-c3ccc(O)cc3O)nc2c1. The Hall–Kier alpha value is -2.49. The fraction of sp³-hybridized carbons (Fsp3) is 0.0714. The standard InChI is InChI=1S/C14H11NO3/c1-8-2-5-13-11(6-8)15-14(18-13)10-4-3-9(16)7-12(10)17/h2-7,16-17H,1H3. The molecule has 2 aromatic carbocycles. The van der Waals surface area contributed by atoms with E-state index in [-0.39, 0.29) is 11.5 Å².